The zero-order chi connectivity index (χ0) is 13.9. The van der Waals surface area contributed by atoms with Gasteiger partial charge in [-0.2, -0.15) is 0 Å². The molecule has 0 spiro atoms. The van der Waals surface area contributed by atoms with E-state index in [0.717, 1.165) is 42.0 Å². The lowest BCUT2D eigenvalue weighted by molar-refractivity contribution is 0.331. The van der Waals surface area contributed by atoms with Crippen LogP contribution in [0.5, 0.6) is 0 Å². The lowest BCUT2D eigenvalue weighted by atomic mass is 10.3. The number of nitrogens with zero attached hydrogens (tertiary/aromatic N) is 3. The molecule has 1 aliphatic heterocycles. The zero-order valence-electron chi connectivity index (χ0n) is 11.3. The van der Waals surface area contributed by atoms with Gasteiger partial charge in [0.15, 0.2) is 0 Å². The van der Waals surface area contributed by atoms with Crippen LogP contribution in [-0.2, 0) is 6.54 Å². The van der Waals surface area contributed by atoms with E-state index in [1.807, 2.05) is 19.1 Å². The maximum Gasteiger partial charge on any atom is 0.223 e. The molecule has 1 N–H and O–H groups in total. The zero-order valence-corrected chi connectivity index (χ0v) is 12.9. The number of rotatable bonds is 4. The molecule has 0 saturated carbocycles. The van der Waals surface area contributed by atoms with Gasteiger partial charge in [0.2, 0.25) is 5.95 Å². The second kappa shape index (κ2) is 6.08. The third kappa shape index (κ3) is 3.48. The van der Waals surface area contributed by atoms with Crippen molar-refractivity contribution in [2.45, 2.75) is 25.9 Å². The molecule has 1 saturated heterocycles. The monoisotopic (exact) mass is 308 g/mol. The molecule has 106 valence electrons. The van der Waals surface area contributed by atoms with Gasteiger partial charge < -0.3 is 5.32 Å². The molecule has 1 atom stereocenters. The molecule has 2 aromatic rings. The third-order valence-electron chi connectivity index (χ3n) is 3.41. The van der Waals surface area contributed by atoms with E-state index in [4.69, 9.17) is 11.6 Å². The van der Waals surface area contributed by atoms with Gasteiger partial charge >= 0.3 is 0 Å². The first-order valence-electron chi connectivity index (χ1n) is 6.72. The molecule has 0 radical (unpaired) electrons. The van der Waals surface area contributed by atoms with Crippen LogP contribution in [0.3, 0.4) is 0 Å². The number of thiophene rings is 1. The summed E-state index contributed by atoms with van der Waals surface area (Å²) in [6.45, 7) is 5.07. The predicted octanol–water partition coefficient (Wildman–Crippen LogP) is 3.19. The summed E-state index contributed by atoms with van der Waals surface area (Å²) in [5.74, 6) is 0.732. The fourth-order valence-corrected chi connectivity index (χ4v) is 3.58. The van der Waals surface area contributed by atoms with Crippen molar-refractivity contribution in [2.75, 3.05) is 18.4 Å². The van der Waals surface area contributed by atoms with Gasteiger partial charge in [0, 0.05) is 42.4 Å². The van der Waals surface area contributed by atoms with Crippen LogP contribution in [0.15, 0.2) is 24.4 Å². The van der Waals surface area contributed by atoms with Crippen molar-refractivity contribution < 1.29 is 0 Å². The van der Waals surface area contributed by atoms with E-state index in [9.17, 15) is 0 Å². The molecular formula is C14H17ClN4S. The number of hydrogen-bond acceptors (Lipinski definition) is 5. The van der Waals surface area contributed by atoms with Crippen LogP contribution in [0.25, 0.3) is 0 Å². The lowest BCUT2D eigenvalue weighted by Gasteiger charge is -2.15. The van der Waals surface area contributed by atoms with Gasteiger partial charge in [-0.1, -0.05) is 11.6 Å². The second-order valence-corrected chi connectivity index (χ2v) is 6.89. The largest absolute Gasteiger partial charge is 0.350 e. The number of aromatic nitrogens is 2. The maximum atomic E-state index is 5.97. The van der Waals surface area contributed by atoms with Gasteiger partial charge in [-0.05, 0) is 31.5 Å². The molecule has 1 fully saturated rings. The van der Waals surface area contributed by atoms with Gasteiger partial charge in [-0.25, -0.2) is 9.97 Å². The quantitative estimate of drug-likeness (QED) is 0.942. The van der Waals surface area contributed by atoms with Gasteiger partial charge in [-0.3, -0.25) is 4.90 Å². The van der Waals surface area contributed by atoms with Crippen molar-refractivity contribution >= 4 is 28.9 Å². The Balaban J connectivity index is 1.54. The van der Waals surface area contributed by atoms with Crippen molar-refractivity contribution in [2.24, 2.45) is 0 Å². The highest BCUT2D eigenvalue weighted by atomic mass is 35.5. The summed E-state index contributed by atoms with van der Waals surface area (Å²) in [4.78, 5) is 12.4. The Morgan fingerprint density at radius 1 is 1.45 bits per heavy atom. The van der Waals surface area contributed by atoms with Gasteiger partial charge in [0.1, 0.15) is 0 Å². The van der Waals surface area contributed by atoms with Crippen LogP contribution in [0.2, 0.25) is 4.34 Å². The highest BCUT2D eigenvalue weighted by Crippen LogP contribution is 2.24. The van der Waals surface area contributed by atoms with E-state index in [1.54, 1.807) is 17.5 Å². The minimum absolute atomic E-state index is 0.423. The molecule has 1 unspecified atom stereocenters. The average Bonchev–Trinajstić information content (AvgIpc) is 3.00. The van der Waals surface area contributed by atoms with E-state index in [2.05, 4.69) is 26.3 Å². The molecule has 0 aromatic carbocycles. The minimum Gasteiger partial charge on any atom is -0.350 e. The Labute approximate surface area is 127 Å². The summed E-state index contributed by atoms with van der Waals surface area (Å²) in [7, 11) is 0. The van der Waals surface area contributed by atoms with Crippen LogP contribution in [0.4, 0.5) is 5.95 Å². The predicted molar refractivity (Wildman–Crippen MR) is 83.4 cm³/mol. The van der Waals surface area contributed by atoms with Gasteiger partial charge in [0.25, 0.3) is 0 Å². The minimum atomic E-state index is 0.423. The lowest BCUT2D eigenvalue weighted by Crippen LogP contribution is -2.26. The van der Waals surface area contributed by atoms with E-state index in [-0.39, 0.29) is 0 Å². The molecule has 6 heteroatoms. The third-order valence-corrected chi connectivity index (χ3v) is 4.62. The number of likely N-dealkylation sites (tertiary alicyclic amines) is 1. The van der Waals surface area contributed by atoms with E-state index in [0.29, 0.717) is 6.04 Å². The molecule has 0 aliphatic carbocycles. The standard InChI is InChI=1S/C14H17ClN4S/c1-10-4-6-16-14(17-10)18-11-5-7-19(8-11)9-12-2-3-13(15)20-12/h2-4,6,11H,5,7-9H2,1H3,(H,16,17,18). The molecule has 20 heavy (non-hydrogen) atoms. The number of aryl methyl sites for hydroxylation is 1. The molecule has 3 heterocycles. The molecule has 2 aromatic heterocycles. The van der Waals surface area contributed by atoms with Crippen molar-refractivity contribution in [1.82, 2.24) is 14.9 Å². The molecular weight excluding hydrogens is 292 g/mol. The average molecular weight is 309 g/mol. The Morgan fingerprint density at radius 3 is 3.10 bits per heavy atom. The van der Waals surface area contributed by atoms with E-state index in [1.165, 1.54) is 4.88 Å². The van der Waals surface area contributed by atoms with Crippen LogP contribution in [0.1, 0.15) is 17.0 Å². The highest BCUT2D eigenvalue weighted by molar-refractivity contribution is 7.16. The Kier molecular flexibility index (Phi) is 4.19. The normalized spacial score (nSPS) is 19.4. The summed E-state index contributed by atoms with van der Waals surface area (Å²) < 4.78 is 0.863. The van der Waals surface area contributed by atoms with E-state index >= 15 is 0 Å². The molecule has 4 nitrogen and oxygen atoms in total. The first kappa shape index (κ1) is 13.8. The smallest absolute Gasteiger partial charge is 0.223 e. The van der Waals surface area contributed by atoms with Crippen LogP contribution < -0.4 is 5.32 Å². The number of hydrogen-bond donors (Lipinski definition) is 1. The van der Waals surface area contributed by atoms with Gasteiger partial charge in [-0.15, -0.1) is 11.3 Å². The maximum absolute atomic E-state index is 5.97. The molecule has 0 bridgehead atoms. The van der Waals surface area contributed by atoms with Crippen molar-refractivity contribution in [3.8, 4) is 0 Å². The highest BCUT2D eigenvalue weighted by Gasteiger charge is 2.23. The number of nitrogens with one attached hydrogen (secondary N) is 1. The summed E-state index contributed by atoms with van der Waals surface area (Å²) in [5, 5.41) is 3.42. The van der Waals surface area contributed by atoms with E-state index < -0.39 is 0 Å². The summed E-state index contributed by atoms with van der Waals surface area (Å²) in [5.41, 5.74) is 0.991. The summed E-state index contributed by atoms with van der Waals surface area (Å²) >= 11 is 7.63. The Bertz CT molecular complexity index is 586. The SMILES string of the molecule is Cc1ccnc(NC2CCN(Cc3ccc(Cl)s3)C2)n1. The topological polar surface area (TPSA) is 41.1 Å². The molecule has 3 rings (SSSR count). The van der Waals surface area contributed by atoms with Crippen molar-refractivity contribution in [3.63, 3.8) is 0 Å². The second-order valence-electron chi connectivity index (χ2n) is 5.09. The summed E-state index contributed by atoms with van der Waals surface area (Å²) in [6.07, 6.45) is 2.92. The van der Waals surface area contributed by atoms with Crippen LogP contribution in [-0.4, -0.2) is 34.0 Å². The van der Waals surface area contributed by atoms with Crippen molar-refractivity contribution in [3.05, 3.63) is 39.3 Å². The number of halogens is 1. The van der Waals surface area contributed by atoms with Crippen molar-refractivity contribution in [1.29, 1.82) is 0 Å². The fraction of sp³-hybridized carbons (Fsp3) is 0.429. The Hall–Kier alpha value is -1.17. The number of anilines is 1. The Morgan fingerprint density at radius 2 is 2.35 bits per heavy atom. The molecule has 0 amide bonds. The van der Waals surface area contributed by atoms with Crippen LogP contribution >= 0.6 is 22.9 Å². The van der Waals surface area contributed by atoms with Crippen LogP contribution in [0, 0.1) is 6.92 Å². The first-order chi connectivity index (χ1) is 9.69. The first-order valence-corrected chi connectivity index (χ1v) is 7.91. The van der Waals surface area contributed by atoms with Gasteiger partial charge in [0.05, 0.1) is 4.34 Å². The molecule has 1 aliphatic rings. The summed E-state index contributed by atoms with van der Waals surface area (Å²) in [6, 6.07) is 6.41. The fourth-order valence-electron chi connectivity index (χ4n) is 2.45.